The Balaban J connectivity index is 1.74. The molecule has 7 atom stereocenters. The third-order valence-electron chi connectivity index (χ3n) is 8.63. The first-order valence-electron chi connectivity index (χ1n) is 9.93. The molecule has 0 bridgehead atoms. The van der Waals surface area contributed by atoms with Crippen molar-refractivity contribution < 1.29 is 24.9 Å². The van der Waals surface area contributed by atoms with Gasteiger partial charge in [0.05, 0.1) is 6.10 Å². The molecule has 0 aromatic carbocycles. The van der Waals surface area contributed by atoms with Gasteiger partial charge in [-0.25, -0.2) is 0 Å². The molecule has 5 heteroatoms. The summed E-state index contributed by atoms with van der Waals surface area (Å²) in [6.07, 6.45) is 5.70. The maximum atomic E-state index is 12.4. The highest BCUT2D eigenvalue weighted by Gasteiger charge is 2.67. The van der Waals surface area contributed by atoms with E-state index in [1.165, 1.54) is 5.57 Å². The molecule has 4 aliphatic carbocycles. The number of hydrogen-bond acceptors (Lipinski definition) is 5. The van der Waals surface area contributed by atoms with Crippen molar-refractivity contribution in [2.45, 2.75) is 70.5 Å². The van der Waals surface area contributed by atoms with Crippen molar-refractivity contribution in [1.82, 2.24) is 0 Å². The minimum atomic E-state index is -1.55. The van der Waals surface area contributed by atoms with Crippen LogP contribution in [0.3, 0.4) is 0 Å². The molecule has 0 aromatic heterocycles. The molecular formula is C21H30O5. The molecule has 3 fully saturated rings. The van der Waals surface area contributed by atoms with E-state index in [2.05, 4.69) is 13.0 Å². The molecule has 0 saturated heterocycles. The second-order valence-corrected chi connectivity index (χ2v) is 9.56. The van der Waals surface area contributed by atoms with Gasteiger partial charge in [-0.1, -0.05) is 25.5 Å². The largest absolute Gasteiger partial charge is 0.393 e. The Morgan fingerprint density at radius 2 is 2.04 bits per heavy atom. The second kappa shape index (κ2) is 5.73. The Morgan fingerprint density at radius 3 is 2.73 bits per heavy atom. The van der Waals surface area contributed by atoms with Crippen LogP contribution in [0.5, 0.6) is 0 Å². The molecule has 0 amide bonds. The second-order valence-electron chi connectivity index (χ2n) is 9.56. The number of fused-ring (bicyclic) bond motifs is 5. The number of aliphatic hydroxyl groups is 3. The van der Waals surface area contributed by atoms with Gasteiger partial charge < -0.3 is 15.3 Å². The summed E-state index contributed by atoms with van der Waals surface area (Å²) in [5, 5.41) is 31.7. The first kappa shape index (κ1) is 18.3. The third kappa shape index (κ3) is 2.14. The van der Waals surface area contributed by atoms with Gasteiger partial charge >= 0.3 is 0 Å². The summed E-state index contributed by atoms with van der Waals surface area (Å²) in [4.78, 5) is 24.3. The molecule has 0 radical (unpaired) electrons. The Hall–Kier alpha value is -1.04. The van der Waals surface area contributed by atoms with E-state index in [9.17, 15) is 24.9 Å². The lowest BCUT2D eigenvalue weighted by Gasteiger charge is -2.59. The van der Waals surface area contributed by atoms with Gasteiger partial charge in [-0.05, 0) is 55.3 Å². The van der Waals surface area contributed by atoms with Crippen LogP contribution >= 0.6 is 0 Å². The van der Waals surface area contributed by atoms with Crippen molar-refractivity contribution in [1.29, 1.82) is 0 Å². The first-order chi connectivity index (χ1) is 12.2. The predicted octanol–water partition coefficient (Wildman–Crippen LogP) is 1.78. The van der Waals surface area contributed by atoms with Crippen molar-refractivity contribution in [2.24, 2.45) is 28.6 Å². The number of Topliss-reactive ketones (excluding diaryl/α,β-unsaturated/α-hetero) is 2. The zero-order chi connectivity index (χ0) is 18.9. The Morgan fingerprint density at radius 1 is 1.31 bits per heavy atom. The van der Waals surface area contributed by atoms with Gasteiger partial charge in [0.1, 0.15) is 18.0 Å². The van der Waals surface area contributed by atoms with Crippen LogP contribution in [0.1, 0.15) is 58.8 Å². The van der Waals surface area contributed by atoms with Gasteiger partial charge in [-0.15, -0.1) is 0 Å². The van der Waals surface area contributed by atoms with E-state index in [1.807, 2.05) is 6.92 Å². The molecule has 4 rings (SSSR count). The molecule has 3 saturated carbocycles. The van der Waals surface area contributed by atoms with Gasteiger partial charge in [0, 0.05) is 18.3 Å². The number of aliphatic hydroxyl groups excluding tert-OH is 2. The number of carbonyl (C=O) groups excluding carboxylic acids is 2. The highest BCUT2D eigenvalue weighted by atomic mass is 16.3. The minimum Gasteiger partial charge on any atom is -0.393 e. The first-order valence-corrected chi connectivity index (χ1v) is 9.93. The van der Waals surface area contributed by atoms with Gasteiger partial charge in [-0.2, -0.15) is 0 Å². The molecule has 0 spiro atoms. The van der Waals surface area contributed by atoms with Crippen LogP contribution in [-0.2, 0) is 9.59 Å². The zero-order valence-electron chi connectivity index (χ0n) is 15.7. The maximum absolute atomic E-state index is 12.4. The summed E-state index contributed by atoms with van der Waals surface area (Å²) in [5.41, 5.74) is -1.25. The van der Waals surface area contributed by atoms with Crippen LogP contribution in [0.2, 0.25) is 0 Å². The standard InChI is InChI=1S/C21H30O5/c1-19-7-5-13(23)9-12(19)3-4-14-15-6-8-21(26,17(25)11-22)20(15,2)10-16(24)18(14)19/h3,14-16,18,22,24,26H,4-11H2,1-2H3/t14?,15?,16-,18?,19-,20-,21?/m0/s1. The molecule has 26 heavy (non-hydrogen) atoms. The predicted molar refractivity (Wildman–Crippen MR) is 95.1 cm³/mol. The van der Waals surface area contributed by atoms with Crippen LogP contribution in [0.4, 0.5) is 0 Å². The van der Waals surface area contributed by atoms with Gasteiger partial charge in [-0.3, -0.25) is 9.59 Å². The molecule has 5 nitrogen and oxygen atoms in total. The number of allylic oxidation sites excluding steroid dienone is 2. The van der Waals surface area contributed by atoms with Crippen LogP contribution in [0.25, 0.3) is 0 Å². The zero-order valence-corrected chi connectivity index (χ0v) is 15.7. The highest BCUT2D eigenvalue weighted by Crippen LogP contribution is 2.67. The highest BCUT2D eigenvalue weighted by molar-refractivity contribution is 5.89. The fraction of sp³-hybridized carbons (Fsp3) is 0.810. The van der Waals surface area contributed by atoms with Crippen molar-refractivity contribution in [3.05, 3.63) is 11.6 Å². The van der Waals surface area contributed by atoms with Crippen molar-refractivity contribution in [2.75, 3.05) is 6.61 Å². The molecule has 0 heterocycles. The van der Waals surface area contributed by atoms with E-state index in [0.29, 0.717) is 25.7 Å². The number of carbonyl (C=O) groups is 2. The SMILES string of the molecule is C[C@]12CCC(=O)CC1=CCC1C2[C@@H](O)C[C@@]2(C)C1CCC2(O)C(=O)CO. The molecule has 144 valence electrons. The maximum Gasteiger partial charge on any atom is 0.190 e. The lowest BCUT2D eigenvalue weighted by molar-refractivity contribution is -0.180. The molecule has 4 aliphatic rings. The monoisotopic (exact) mass is 362 g/mol. The summed E-state index contributed by atoms with van der Waals surface area (Å²) in [7, 11) is 0. The number of ketones is 2. The van der Waals surface area contributed by atoms with E-state index in [1.54, 1.807) is 0 Å². The minimum absolute atomic E-state index is 0.0697. The van der Waals surface area contributed by atoms with Crippen LogP contribution in [0, 0.1) is 28.6 Å². The summed E-state index contributed by atoms with van der Waals surface area (Å²) < 4.78 is 0. The van der Waals surface area contributed by atoms with E-state index in [0.717, 1.165) is 19.3 Å². The molecule has 0 aromatic rings. The Labute approximate surface area is 154 Å². The van der Waals surface area contributed by atoms with E-state index < -0.39 is 29.5 Å². The van der Waals surface area contributed by atoms with Crippen LogP contribution in [-0.4, -0.2) is 45.2 Å². The smallest absolute Gasteiger partial charge is 0.190 e. The molecule has 3 N–H and O–H groups in total. The summed E-state index contributed by atoms with van der Waals surface area (Å²) in [6, 6.07) is 0. The van der Waals surface area contributed by atoms with Gasteiger partial charge in [0.15, 0.2) is 5.78 Å². The average molecular weight is 362 g/mol. The topological polar surface area (TPSA) is 94.8 Å². The van der Waals surface area contributed by atoms with Gasteiger partial charge in [0.2, 0.25) is 0 Å². The molecule has 4 unspecified atom stereocenters. The summed E-state index contributed by atoms with van der Waals surface area (Å²) >= 11 is 0. The Bertz CT molecular complexity index is 684. The van der Waals surface area contributed by atoms with Gasteiger partial charge in [0.25, 0.3) is 0 Å². The third-order valence-corrected chi connectivity index (χ3v) is 8.63. The fourth-order valence-electron chi connectivity index (χ4n) is 7.20. The fourth-order valence-corrected chi connectivity index (χ4v) is 7.20. The van der Waals surface area contributed by atoms with Crippen molar-refractivity contribution >= 4 is 11.6 Å². The summed E-state index contributed by atoms with van der Waals surface area (Å²) in [6.45, 7) is 3.45. The average Bonchev–Trinajstić information content (AvgIpc) is 2.86. The molecule has 0 aliphatic heterocycles. The van der Waals surface area contributed by atoms with E-state index >= 15 is 0 Å². The summed E-state index contributed by atoms with van der Waals surface area (Å²) in [5.74, 6) is 0.177. The van der Waals surface area contributed by atoms with Crippen molar-refractivity contribution in [3.8, 4) is 0 Å². The quantitative estimate of drug-likeness (QED) is 0.651. The normalized spacial score (nSPS) is 50.5. The lowest BCUT2D eigenvalue weighted by atomic mass is 9.46. The molecular weight excluding hydrogens is 332 g/mol. The van der Waals surface area contributed by atoms with E-state index in [4.69, 9.17) is 0 Å². The number of hydrogen-bond donors (Lipinski definition) is 3. The number of rotatable bonds is 2. The van der Waals surface area contributed by atoms with Crippen molar-refractivity contribution in [3.63, 3.8) is 0 Å². The lowest BCUT2D eigenvalue weighted by Crippen LogP contribution is -2.61. The van der Waals surface area contributed by atoms with Crippen LogP contribution in [0.15, 0.2) is 11.6 Å². The Kier molecular flexibility index (Phi) is 4.04. The van der Waals surface area contributed by atoms with Crippen LogP contribution < -0.4 is 0 Å². The van der Waals surface area contributed by atoms with E-state index in [-0.39, 0.29) is 29.0 Å².